The normalized spacial score (nSPS) is 19.1. The average Bonchev–Trinajstić information content (AvgIpc) is 2.93. The predicted molar refractivity (Wildman–Crippen MR) is 151 cm³/mol. The van der Waals surface area contributed by atoms with Crippen molar-refractivity contribution in [2.75, 3.05) is 36.5 Å². The number of hydrogen-bond acceptors (Lipinski definition) is 8. The zero-order chi connectivity index (χ0) is 26.4. The van der Waals surface area contributed by atoms with Gasteiger partial charge in [-0.25, -0.2) is 19.3 Å². The van der Waals surface area contributed by atoms with Crippen LogP contribution < -0.4 is 15.5 Å². The number of nitrogens with one attached hydrogen (secondary N) is 2. The molecule has 200 valence electrons. The molecule has 1 aromatic carbocycles. The highest BCUT2D eigenvalue weighted by molar-refractivity contribution is 7.99. The maximum Gasteiger partial charge on any atom is 0.232 e. The summed E-state index contributed by atoms with van der Waals surface area (Å²) in [6, 6.07) is 10.9. The van der Waals surface area contributed by atoms with Crippen LogP contribution in [-0.4, -0.2) is 57.4 Å². The van der Waals surface area contributed by atoms with Crippen molar-refractivity contribution in [3.05, 3.63) is 60.2 Å². The third kappa shape index (κ3) is 6.57. The quantitative estimate of drug-likeness (QED) is 0.238. The number of halogens is 1. The van der Waals surface area contributed by atoms with Crippen molar-refractivity contribution in [1.29, 1.82) is 0 Å². The molecule has 2 aliphatic rings. The minimum absolute atomic E-state index is 0.199. The summed E-state index contributed by atoms with van der Waals surface area (Å²) in [5.41, 5.74) is 0.881. The van der Waals surface area contributed by atoms with E-state index in [9.17, 15) is 4.39 Å². The average molecular weight is 554 g/mol. The first-order valence-corrected chi connectivity index (χ1v) is 14.2. The molecule has 8 nitrogen and oxygen atoms in total. The minimum Gasteiger partial charge on any atom is -0.381 e. The second-order valence-electron chi connectivity index (χ2n) is 9.77. The molecule has 5 rings (SSSR count). The third-order valence-corrected chi connectivity index (χ3v) is 8.30. The van der Waals surface area contributed by atoms with Gasteiger partial charge in [-0.2, -0.15) is 4.98 Å². The maximum absolute atomic E-state index is 13.6. The largest absolute Gasteiger partial charge is 0.381 e. The molecule has 3 aromatic rings. The second-order valence-corrected chi connectivity index (χ2v) is 11.2. The first-order chi connectivity index (χ1) is 18.5. The summed E-state index contributed by atoms with van der Waals surface area (Å²) in [4.78, 5) is 20.5. The Morgan fingerprint density at radius 3 is 2.66 bits per heavy atom. The first kappa shape index (κ1) is 26.7. The number of anilines is 2. The van der Waals surface area contributed by atoms with Crippen LogP contribution in [-0.2, 0) is 10.2 Å². The van der Waals surface area contributed by atoms with Crippen molar-refractivity contribution >= 4 is 40.9 Å². The Labute approximate surface area is 232 Å². The van der Waals surface area contributed by atoms with E-state index in [0.29, 0.717) is 42.0 Å². The van der Waals surface area contributed by atoms with Gasteiger partial charge in [0.2, 0.25) is 5.95 Å². The Kier molecular flexibility index (Phi) is 8.65. The highest BCUT2D eigenvalue weighted by Crippen LogP contribution is 2.35. The van der Waals surface area contributed by atoms with Crippen LogP contribution in [0, 0.1) is 5.82 Å². The summed E-state index contributed by atoms with van der Waals surface area (Å²) in [5, 5.41) is 8.39. The molecule has 0 radical (unpaired) electrons. The molecule has 0 bridgehead atoms. The smallest absolute Gasteiger partial charge is 0.232 e. The molecule has 38 heavy (non-hydrogen) atoms. The van der Waals surface area contributed by atoms with Crippen molar-refractivity contribution in [1.82, 2.24) is 25.3 Å². The van der Waals surface area contributed by atoms with Crippen LogP contribution >= 0.6 is 24.0 Å². The van der Waals surface area contributed by atoms with Crippen LogP contribution in [0.25, 0.3) is 0 Å². The Balaban J connectivity index is 1.33. The van der Waals surface area contributed by atoms with Crippen LogP contribution in [0.5, 0.6) is 0 Å². The molecule has 4 heterocycles. The molecule has 0 unspecified atom stereocenters. The van der Waals surface area contributed by atoms with Crippen molar-refractivity contribution in [3.8, 4) is 0 Å². The van der Waals surface area contributed by atoms with Crippen LogP contribution in [0.3, 0.4) is 0 Å². The van der Waals surface area contributed by atoms with Crippen molar-refractivity contribution < 1.29 is 9.13 Å². The van der Waals surface area contributed by atoms with Crippen molar-refractivity contribution in [2.24, 2.45) is 0 Å². The molecule has 1 atom stereocenters. The molecule has 0 spiro atoms. The third-order valence-electron chi connectivity index (χ3n) is 7.24. The fourth-order valence-electron chi connectivity index (χ4n) is 5.07. The van der Waals surface area contributed by atoms with Crippen LogP contribution in [0.15, 0.2) is 59.0 Å². The number of ether oxygens (including phenoxy) is 1. The molecular formula is C27H32FN7OS2. The van der Waals surface area contributed by atoms with Gasteiger partial charge in [0.1, 0.15) is 16.7 Å². The molecule has 0 amide bonds. The molecule has 2 fully saturated rings. The van der Waals surface area contributed by atoms with Gasteiger partial charge in [0.15, 0.2) is 10.3 Å². The Bertz CT molecular complexity index is 1230. The second kappa shape index (κ2) is 12.3. The van der Waals surface area contributed by atoms with Gasteiger partial charge in [-0.15, -0.1) is 0 Å². The number of rotatable bonds is 7. The number of benzene rings is 1. The van der Waals surface area contributed by atoms with E-state index in [2.05, 4.69) is 32.4 Å². The van der Waals surface area contributed by atoms with Gasteiger partial charge in [-0.1, -0.05) is 12.1 Å². The van der Waals surface area contributed by atoms with Gasteiger partial charge in [0.25, 0.3) is 0 Å². The van der Waals surface area contributed by atoms with E-state index >= 15 is 0 Å². The van der Waals surface area contributed by atoms with Crippen LogP contribution in [0.1, 0.15) is 44.6 Å². The summed E-state index contributed by atoms with van der Waals surface area (Å²) in [5.74, 6) is 1.05. The number of thiocarbonyl (C=S) groups is 1. The zero-order valence-corrected chi connectivity index (χ0v) is 23.0. The molecule has 2 saturated heterocycles. The predicted octanol–water partition coefficient (Wildman–Crippen LogP) is 4.97. The van der Waals surface area contributed by atoms with E-state index in [0.717, 1.165) is 48.6 Å². The van der Waals surface area contributed by atoms with Crippen LogP contribution in [0.2, 0.25) is 0 Å². The van der Waals surface area contributed by atoms with E-state index in [1.165, 1.54) is 30.3 Å². The Hall–Kier alpha value is -2.89. The van der Waals surface area contributed by atoms with Crippen LogP contribution in [0.4, 0.5) is 16.2 Å². The molecule has 0 saturated carbocycles. The molecule has 2 aromatic heterocycles. The Morgan fingerprint density at radius 2 is 1.92 bits per heavy atom. The SMILES string of the molecule is C[C@@H]1CCCCN1c1cc(Sc2ncccn2)nc(NC(=S)NCC2(c3ccc(F)cc3)CCOCC2)n1. The summed E-state index contributed by atoms with van der Waals surface area (Å²) in [6.07, 6.45) is 8.58. The highest BCUT2D eigenvalue weighted by Gasteiger charge is 2.34. The van der Waals surface area contributed by atoms with Gasteiger partial charge in [-0.3, -0.25) is 0 Å². The summed E-state index contributed by atoms with van der Waals surface area (Å²) < 4.78 is 19.2. The van der Waals surface area contributed by atoms with E-state index < -0.39 is 0 Å². The lowest BCUT2D eigenvalue weighted by Crippen LogP contribution is -2.45. The number of nitrogens with zero attached hydrogens (tertiary/aromatic N) is 5. The molecule has 2 N–H and O–H groups in total. The fourth-order valence-corrected chi connectivity index (χ4v) is 5.94. The molecule has 2 aliphatic heterocycles. The standard InChI is InChI=1S/C27H32FN7OS2/c1-19-5-2-3-14-35(19)22-17-23(38-26-29-12-4-13-30-26)33-24(32-22)34-25(37)31-18-27(10-15-36-16-11-27)20-6-8-21(28)9-7-20/h4,6-9,12-13,17,19H,2-3,5,10-11,14-16,18H2,1H3,(H2,31,32,33,34,37)/t19-/m1/s1. The number of piperidine rings is 1. The fraction of sp³-hybridized carbons (Fsp3) is 0.444. The van der Waals surface area contributed by atoms with Gasteiger partial charge in [0.05, 0.1) is 0 Å². The summed E-state index contributed by atoms with van der Waals surface area (Å²) >= 11 is 7.08. The van der Waals surface area contributed by atoms with E-state index in [4.69, 9.17) is 26.9 Å². The number of hydrogen-bond donors (Lipinski definition) is 2. The summed E-state index contributed by atoms with van der Waals surface area (Å²) in [7, 11) is 0. The topological polar surface area (TPSA) is 88.1 Å². The molecule has 11 heteroatoms. The van der Waals surface area contributed by atoms with E-state index in [1.54, 1.807) is 18.5 Å². The molecular weight excluding hydrogens is 521 g/mol. The lowest BCUT2D eigenvalue weighted by Gasteiger charge is -2.38. The lowest BCUT2D eigenvalue weighted by atomic mass is 9.74. The molecule has 0 aliphatic carbocycles. The van der Waals surface area contributed by atoms with Gasteiger partial charge in [0, 0.05) is 56.2 Å². The van der Waals surface area contributed by atoms with Gasteiger partial charge in [-0.05, 0) is 86.8 Å². The highest BCUT2D eigenvalue weighted by atomic mass is 32.2. The number of aromatic nitrogens is 4. The monoisotopic (exact) mass is 553 g/mol. The minimum atomic E-state index is -0.240. The lowest BCUT2D eigenvalue weighted by molar-refractivity contribution is 0.0515. The summed E-state index contributed by atoms with van der Waals surface area (Å²) in [6.45, 7) is 5.09. The van der Waals surface area contributed by atoms with Crippen molar-refractivity contribution in [3.63, 3.8) is 0 Å². The first-order valence-electron chi connectivity index (χ1n) is 13.0. The van der Waals surface area contributed by atoms with E-state index in [1.807, 2.05) is 18.2 Å². The van der Waals surface area contributed by atoms with Gasteiger partial charge >= 0.3 is 0 Å². The zero-order valence-electron chi connectivity index (χ0n) is 21.4. The van der Waals surface area contributed by atoms with E-state index in [-0.39, 0.29) is 11.2 Å². The maximum atomic E-state index is 13.6. The Morgan fingerprint density at radius 1 is 1.16 bits per heavy atom. The van der Waals surface area contributed by atoms with Crippen molar-refractivity contribution in [2.45, 2.75) is 60.7 Å². The van der Waals surface area contributed by atoms with Gasteiger partial charge < -0.3 is 20.3 Å².